The number of rotatable bonds is 8. The normalized spacial score (nSPS) is 19.8. The van der Waals surface area contributed by atoms with Gasteiger partial charge in [0.2, 0.25) is 0 Å². The van der Waals surface area contributed by atoms with Gasteiger partial charge in [-0.1, -0.05) is 25.1 Å². The quantitative estimate of drug-likeness (QED) is 0.319. The lowest BCUT2D eigenvalue weighted by atomic mass is 9.93. The van der Waals surface area contributed by atoms with Crippen molar-refractivity contribution in [3.63, 3.8) is 0 Å². The Balaban J connectivity index is 0.00000280. The number of hydrogen-bond donors (Lipinski definition) is 2. The molecular formula is C22H36FIN4. The third-order valence-electron chi connectivity index (χ3n) is 6.18. The minimum Gasteiger partial charge on any atom is -0.357 e. The largest absolute Gasteiger partial charge is 0.357 e. The number of benzene rings is 1. The molecule has 6 heteroatoms. The molecule has 0 spiro atoms. The summed E-state index contributed by atoms with van der Waals surface area (Å²) in [6, 6.07) is 7.16. The monoisotopic (exact) mass is 502 g/mol. The molecule has 0 amide bonds. The van der Waals surface area contributed by atoms with E-state index in [0.29, 0.717) is 6.54 Å². The van der Waals surface area contributed by atoms with Crippen LogP contribution in [-0.4, -0.2) is 50.1 Å². The molecular weight excluding hydrogens is 466 g/mol. The van der Waals surface area contributed by atoms with Gasteiger partial charge in [-0.3, -0.25) is 4.99 Å². The van der Waals surface area contributed by atoms with Gasteiger partial charge in [-0.15, -0.1) is 24.0 Å². The lowest BCUT2D eigenvalue weighted by Gasteiger charge is -2.31. The van der Waals surface area contributed by atoms with Crippen LogP contribution in [0.1, 0.15) is 51.5 Å². The minimum absolute atomic E-state index is 0. The molecule has 1 aromatic carbocycles. The summed E-state index contributed by atoms with van der Waals surface area (Å²) in [5.74, 6) is 1.59. The van der Waals surface area contributed by atoms with Crippen molar-refractivity contribution in [1.82, 2.24) is 15.5 Å². The fourth-order valence-corrected chi connectivity index (χ4v) is 4.11. The molecule has 1 saturated carbocycles. The van der Waals surface area contributed by atoms with Crippen molar-refractivity contribution in [2.24, 2.45) is 10.9 Å². The summed E-state index contributed by atoms with van der Waals surface area (Å²) in [6.45, 7) is 10.4. The van der Waals surface area contributed by atoms with Crippen molar-refractivity contribution in [2.75, 3.05) is 39.3 Å². The van der Waals surface area contributed by atoms with Gasteiger partial charge in [-0.05, 0) is 76.2 Å². The summed E-state index contributed by atoms with van der Waals surface area (Å²) in [7, 11) is 0. The van der Waals surface area contributed by atoms with Crippen LogP contribution in [0.25, 0.3) is 0 Å². The van der Waals surface area contributed by atoms with Crippen LogP contribution < -0.4 is 10.6 Å². The topological polar surface area (TPSA) is 39.7 Å². The first-order chi connectivity index (χ1) is 13.2. The molecule has 0 aromatic heterocycles. The first kappa shape index (κ1) is 23.4. The smallest absolute Gasteiger partial charge is 0.191 e. The number of aliphatic imine (C=N–C) groups is 1. The van der Waals surface area contributed by atoms with E-state index >= 15 is 0 Å². The average Bonchev–Trinajstić information content (AvgIpc) is 3.48. The van der Waals surface area contributed by atoms with Crippen LogP contribution in [0, 0.1) is 11.7 Å². The molecule has 0 bridgehead atoms. The molecule has 3 rings (SSSR count). The second kappa shape index (κ2) is 11.3. The number of halogens is 2. The van der Waals surface area contributed by atoms with Crippen LogP contribution in [-0.2, 0) is 5.41 Å². The number of nitrogens with one attached hydrogen (secondary N) is 2. The fraction of sp³-hybridized carbons (Fsp3) is 0.682. The van der Waals surface area contributed by atoms with E-state index in [2.05, 4.69) is 29.4 Å². The fourth-order valence-electron chi connectivity index (χ4n) is 4.11. The number of likely N-dealkylation sites (tertiary alicyclic amines) is 1. The first-order valence-corrected chi connectivity index (χ1v) is 10.7. The molecule has 2 aliphatic rings. The van der Waals surface area contributed by atoms with E-state index in [-0.39, 0.29) is 35.2 Å². The van der Waals surface area contributed by atoms with Crippen molar-refractivity contribution in [3.8, 4) is 0 Å². The highest BCUT2D eigenvalue weighted by molar-refractivity contribution is 14.0. The number of piperidine rings is 1. The van der Waals surface area contributed by atoms with Gasteiger partial charge in [0.15, 0.2) is 5.96 Å². The van der Waals surface area contributed by atoms with Crippen molar-refractivity contribution in [3.05, 3.63) is 35.6 Å². The Morgan fingerprint density at radius 3 is 2.50 bits per heavy atom. The summed E-state index contributed by atoms with van der Waals surface area (Å²) >= 11 is 0. The predicted octanol–water partition coefficient (Wildman–Crippen LogP) is 4.15. The van der Waals surface area contributed by atoms with Gasteiger partial charge in [-0.25, -0.2) is 4.39 Å². The summed E-state index contributed by atoms with van der Waals surface area (Å²) in [6.07, 6.45) is 5.85. The Labute approximate surface area is 186 Å². The SMILES string of the molecule is CCNC(=NCC1(c2ccccc2F)CC1)NCCC1CCN(CC)CC1.I. The average molecular weight is 502 g/mol. The highest BCUT2D eigenvalue weighted by Crippen LogP contribution is 2.49. The number of hydrogen-bond acceptors (Lipinski definition) is 2. The Kier molecular flexibility index (Phi) is 9.47. The lowest BCUT2D eigenvalue weighted by Crippen LogP contribution is -2.40. The van der Waals surface area contributed by atoms with Crippen LogP contribution in [0.5, 0.6) is 0 Å². The highest BCUT2D eigenvalue weighted by atomic mass is 127. The molecule has 1 aliphatic carbocycles. The van der Waals surface area contributed by atoms with E-state index in [1.165, 1.54) is 38.9 Å². The Bertz CT molecular complexity index is 625. The van der Waals surface area contributed by atoms with Crippen molar-refractivity contribution < 1.29 is 4.39 Å². The second-order valence-electron chi connectivity index (χ2n) is 8.05. The van der Waals surface area contributed by atoms with E-state index in [1.807, 2.05) is 12.1 Å². The third kappa shape index (κ3) is 6.31. The molecule has 2 fully saturated rings. The van der Waals surface area contributed by atoms with Crippen molar-refractivity contribution in [2.45, 2.75) is 51.4 Å². The Morgan fingerprint density at radius 1 is 1.18 bits per heavy atom. The van der Waals surface area contributed by atoms with Gasteiger partial charge >= 0.3 is 0 Å². The maximum atomic E-state index is 14.2. The number of nitrogens with zero attached hydrogens (tertiary/aromatic N) is 2. The zero-order valence-electron chi connectivity index (χ0n) is 17.3. The van der Waals surface area contributed by atoms with Crippen LogP contribution in [0.15, 0.2) is 29.3 Å². The molecule has 1 saturated heterocycles. The van der Waals surface area contributed by atoms with E-state index in [0.717, 1.165) is 43.4 Å². The molecule has 28 heavy (non-hydrogen) atoms. The molecule has 158 valence electrons. The van der Waals surface area contributed by atoms with Crippen molar-refractivity contribution in [1.29, 1.82) is 0 Å². The maximum Gasteiger partial charge on any atom is 0.191 e. The zero-order chi connectivity index (χ0) is 19.1. The van der Waals surface area contributed by atoms with E-state index in [4.69, 9.17) is 4.99 Å². The lowest BCUT2D eigenvalue weighted by molar-refractivity contribution is 0.187. The van der Waals surface area contributed by atoms with Gasteiger partial charge < -0.3 is 15.5 Å². The summed E-state index contributed by atoms with van der Waals surface area (Å²) in [4.78, 5) is 7.33. The molecule has 1 heterocycles. The minimum atomic E-state index is -0.0966. The van der Waals surface area contributed by atoms with Crippen LogP contribution in [0.3, 0.4) is 0 Å². The van der Waals surface area contributed by atoms with Crippen LogP contribution in [0.4, 0.5) is 4.39 Å². The Hall–Kier alpha value is -0.890. The third-order valence-corrected chi connectivity index (χ3v) is 6.18. The van der Waals surface area contributed by atoms with Gasteiger partial charge in [0, 0.05) is 18.5 Å². The van der Waals surface area contributed by atoms with Crippen LogP contribution in [0.2, 0.25) is 0 Å². The maximum absolute atomic E-state index is 14.2. The molecule has 0 atom stereocenters. The number of guanidine groups is 1. The summed E-state index contributed by atoms with van der Waals surface area (Å²) < 4.78 is 14.2. The van der Waals surface area contributed by atoms with E-state index in [1.54, 1.807) is 12.1 Å². The van der Waals surface area contributed by atoms with Crippen molar-refractivity contribution >= 4 is 29.9 Å². The summed E-state index contributed by atoms with van der Waals surface area (Å²) in [5.41, 5.74) is 0.730. The molecule has 2 N–H and O–H groups in total. The Morgan fingerprint density at radius 2 is 1.89 bits per heavy atom. The van der Waals surface area contributed by atoms with E-state index in [9.17, 15) is 4.39 Å². The van der Waals surface area contributed by atoms with Gasteiger partial charge in [0.25, 0.3) is 0 Å². The molecule has 0 unspecified atom stereocenters. The van der Waals surface area contributed by atoms with Gasteiger partial charge in [-0.2, -0.15) is 0 Å². The molecule has 1 aromatic rings. The summed E-state index contributed by atoms with van der Waals surface area (Å²) in [5, 5.41) is 6.83. The van der Waals surface area contributed by atoms with E-state index < -0.39 is 0 Å². The zero-order valence-corrected chi connectivity index (χ0v) is 19.7. The molecule has 4 nitrogen and oxygen atoms in total. The predicted molar refractivity (Wildman–Crippen MR) is 126 cm³/mol. The van der Waals surface area contributed by atoms with Gasteiger partial charge in [0.1, 0.15) is 5.82 Å². The first-order valence-electron chi connectivity index (χ1n) is 10.7. The molecule has 0 radical (unpaired) electrons. The second-order valence-corrected chi connectivity index (χ2v) is 8.05. The van der Waals surface area contributed by atoms with Gasteiger partial charge in [0.05, 0.1) is 6.54 Å². The van der Waals surface area contributed by atoms with Crippen LogP contribution >= 0.6 is 24.0 Å². The molecule has 1 aliphatic heterocycles. The standard InChI is InChI=1S/C22H35FN4.HI/c1-3-24-21(25-14-9-18-10-15-27(4-2)16-11-18)26-17-22(12-13-22)19-7-5-6-8-20(19)23;/h5-8,18H,3-4,9-17H2,1-2H3,(H2,24,25,26);1H. The highest BCUT2D eigenvalue weighted by Gasteiger charge is 2.45.